The summed E-state index contributed by atoms with van der Waals surface area (Å²) in [7, 11) is 1.57. The van der Waals surface area contributed by atoms with E-state index in [1.165, 1.54) is 4.90 Å². The maximum absolute atomic E-state index is 13.5. The van der Waals surface area contributed by atoms with Gasteiger partial charge in [-0.3, -0.25) is 14.5 Å². The second-order valence-corrected chi connectivity index (χ2v) is 8.06. The summed E-state index contributed by atoms with van der Waals surface area (Å²) in [6.07, 6.45) is 2.40. The molecule has 0 bridgehead atoms. The zero-order chi connectivity index (χ0) is 21.8. The van der Waals surface area contributed by atoms with Crippen LogP contribution in [0.2, 0.25) is 0 Å². The van der Waals surface area contributed by atoms with Crippen molar-refractivity contribution in [1.82, 2.24) is 9.80 Å². The van der Waals surface area contributed by atoms with E-state index in [9.17, 15) is 14.7 Å². The molecule has 2 aliphatic rings. The topological polar surface area (TPSA) is 70.1 Å². The van der Waals surface area contributed by atoms with Crippen LogP contribution in [0.15, 0.2) is 60.3 Å². The number of para-hydroxylation sites is 1. The number of methoxy groups -OCH3 is 1. The summed E-state index contributed by atoms with van der Waals surface area (Å²) in [6, 6.07) is 17.2. The number of rotatable bonds is 7. The zero-order valence-corrected chi connectivity index (χ0v) is 17.8. The minimum absolute atomic E-state index is 0.0770. The molecule has 0 spiro atoms. The first-order valence-corrected chi connectivity index (χ1v) is 10.8. The third-order valence-electron chi connectivity index (χ3n) is 6.08. The molecule has 31 heavy (non-hydrogen) atoms. The Kier molecular flexibility index (Phi) is 6.37. The minimum Gasteiger partial charge on any atom is -0.496 e. The Bertz CT molecular complexity index is 986. The fourth-order valence-corrected chi connectivity index (χ4v) is 4.46. The second kappa shape index (κ2) is 9.35. The molecule has 0 saturated carbocycles. The summed E-state index contributed by atoms with van der Waals surface area (Å²) in [5, 5.41) is 9.67. The quantitative estimate of drug-likeness (QED) is 0.698. The fourth-order valence-electron chi connectivity index (χ4n) is 4.46. The van der Waals surface area contributed by atoms with Gasteiger partial charge in [-0.1, -0.05) is 48.5 Å². The van der Waals surface area contributed by atoms with E-state index in [0.29, 0.717) is 48.6 Å². The average molecular weight is 421 g/mol. The Balaban J connectivity index is 1.70. The zero-order valence-electron chi connectivity index (χ0n) is 17.8. The molecule has 2 aromatic carbocycles. The number of nitrogens with zero attached hydrogens (tertiary/aromatic N) is 2. The number of carbonyl (C=O) groups is 2. The Morgan fingerprint density at radius 2 is 1.77 bits per heavy atom. The summed E-state index contributed by atoms with van der Waals surface area (Å²) >= 11 is 0. The highest BCUT2D eigenvalue weighted by Gasteiger charge is 2.43. The van der Waals surface area contributed by atoms with Gasteiger partial charge in [0.1, 0.15) is 11.4 Å². The van der Waals surface area contributed by atoms with Crippen molar-refractivity contribution in [3.8, 4) is 5.75 Å². The molecule has 2 aromatic rings. The number of benzene rings is 2. The van der Waals surface area contributed by atoms with Crippen LogP contribution >= 0.6 is 0 Å². The molecule has 2 heterocycles. The van der Waals surface area contributed by atoms with Crippen molar-refractivity contribution >= 4 is 17.4 Å². The minimum atomic E-state index is -0.286. The summed E-state index contributed by atoms with van der Waals surface area (Å²) in [5.41, 5.74) is 2.54. The average Bonchev–Trinajstić information content (AvgIpc) is 3.07. The molecule has 4 rings (SSSR count). The lowest BCUT2D eigenvalue weighted by atomic mass is 9.96. The van der Waals surface area contributed by atoms with Crippen molar-refractivity contribution in [2.75, 3.05) is 33.4 Å². The maximum Gasteiger partial charge on any atom is 0.277 e. The third-order valence-corrected chi connectivity index (χ3v) is 6.08. The van der Waals surface area contributed by atoms with Gasteiger partial charge in [-0.2, -0.15) is 0 Å². The molecule has 1 atom stereocenters. The molecule has 162 valence electrons. The smallest absolute Gasteiger partial charge is 0.277 e. The highest BCUT2D eigenvalue weighted by Crippen LogP contribution is 2.37. The van der Waals surface area contributed by atoms with Crippen molar-refractivity contribution in [2.24, 2.45) is 5.92 Å². The summed E-state index contributed by atoms with van der Waals surface area (Å²) in [4.78, 5) is 30.4. The lowest BCUT2D eigenvalue weighted by molar-refractivity contribution is -0.137. The summed E-state index contributed by atoms with van der Waals surface area (Å²) < 4.78 is 5.51. The Morgan fingerprint density at radius 3 is 2.52 bits per heavy atom. The van der Waals surface area contributed by atoms with E-state index in [2.05, 4.69) is 0 Å². The number of imide groups is 1. The molecule has 1 saturated heterocycles. The second-order valence-electron chi connectivity index (χ2n) is 8.06. The number of hydrogen-bond donors (Lipinski definition) is 1. The lowest BCUT2D eigenvalue weighted by Crippen LogP contribution is -2.41. The van der Waals surface area contributed by atoms with Crippen LogP contribution in [0, 0.1) is 5.92 Å². The van der Waals surface area contributed by atoms with E-state index in [-0.39, 0.29) is 24.3 Å². The van der Waals surface area contributed by atoms with Gasteiger partial charge >= 0.3 is 0 Å². The van der Waals surface area contributed by atoms with Gasteiger partial charge < -0.3 is 14.7 Å². The van der Waals surface area contributed by atoms with Crippen LogP contribution in [-0.4, -0.2) is 60.1 Å². The molecule has 2 amide bonds. The van der Waals surface area contributed by atoms with Gasteiger partial charge in [-0.15, -0.1) is 0 Å². The molecule has 0 aromatic heterocycles. The molecule has 1 fully saturated rings. The number of ether oxygens (including phenoxy) is 1. The van der Waals surface area contributed by atoms with E-state index < -0.39 is 0 Å². The summed E-state index contributed by atoms with van der Waals surface area (Å²) in [6.45, 7) is 1.65. The number of carbonyl (C=O) groups excluding carboxylic acids is 2. The van der Waals surface area contributed by atoms with Gasteiger partial charge in [0.05, 0.1) is 12.7 Å². The molecular weight excluding hydrogens is 392 g/mol. The number of aliphatic hydroxyl groups excluding tert-OH is 1. The van der Waals surface area contributed by atoms with Gasteiger partial charge in [-0.05, 0) is 36.8 Å². The Labute approximate surface area is 182 Å². The monoisotopic (exact) mass is 420 g/mol. The molecule has 0 aliphatic carbocycles. The van der Waals surface area contributed by atoms with E-state index >= 15 is 0 Å². The highest BCUT2D eigenvalue weighted by molar-refractivity contribution is 6.36. The van der Waals surface area contributed by atoms with Crippen molar-refractivity contribution in [3.63, 3.8) is 0 Å². The van der Waals surface area contributed by atoms with Crippen molar-refractivity contribution in [3.05, 3.63) is 71.4 Å². The lowest BCUT2D eigenvalue weighted by Gasteiger charge is -2.34. The maximum atomic E-state index is 13.5. The first kappa shape index (κ1) is 21.1. The van der Waals surface area contributed by atoms with Crippen LogP contribution in [0.5, 0.6) is 5.75 Å². The number of hydrogen-bond acceptors (Lipinski definition) is 5. The van der Waals surface area contributed by atoms with Crippen LogP contribution in [0.3, 0.4) is 0 Å². The third kappa shape index (κ3) is 4.21. The predicted octanol–water partition coefficient (Wildman–Crippen LogP) is 2.72. The largest absolute Gasteiger partial charge is 0.496 e. The molecule has 0 radical (unpaired) electrons. The highest BCUT2D eigenvalue weighted by atomic mass is 16.5. The first-order valence-electron chi connectivity index (χ1n) is 10.8. The molecular formula is C25H28N2O4. The van der Waals surface area contributed by atoms with Gasteiger partial charge in [0.15, 0.2) is 0 Å². The van der Waals surface area contributed by atoms with Crippen molar-refractivity contribution in [1.29, 1.82) is 0 Å². The normalized spacial score (nSPS) is 19.4. The van der Waals surface area contributed by atoms with Gasteiger partial charge in [0, 0.05) is 31.8 Å². The predicted molar refractivity (Wildman–Crippen MR) is 118 cm³/mol. The van der Waals surface area contributed by atoms with Crippen LogP contribution in [-0.2, 0) is 16.0 Å². The fraction of sp³-hybridized carbons (Fsp3) is 0.360. The van der Waals surface area contributed by atoms with E-state index in [1.807, 2.05) is 53.4 Å². The van der Waals surface area contributed by atoms with Crippen LogP contribution < -0.4 is 4.74 Å². The van der Waals surface area contributed by atoms with Crippen molar-refractivity contribution < 1.29 is 19.4 Å². The SMILES string of the molecule is COc1ccccc1C1=C(N2CCCC(CO)C2)C(=O)N(CCc2ccccc2)C1=O. The van der Waals surface area contributed by atoms with Gasteiger partial charge in [0.2, 0.25) is 0 Å². The molecule has 1 unspecified atom stereocenters. The van der Waals surface area contributed by atoms with Gasteiger partial charge in [-0.25, -0.2) is 0 Å². The number of likely N-dealkylation sites (tertiary alicyclic amines) is 1. The van der Waals surface area contributed by atoms with Crippen LogP contribution in [0.4, 0.5) is 0 Å². The van der Waals surface area contributed by atoms with Crippen molar-refractivity contribution in [2.45, 2.75) is 19.3 Å². The molecule has 2 aliphatic heterocycles. The van der Waals surface area contributed by atoms with Crippen LogP contribution in [0.25, 0.3) is 5.57 Å². The standard InChI is InChI=1S/C25H28N2O4/c1-31-21-12-6-5-11-20(21)22-23(26-14-7-10-19(16-26)17-28)25(30)27(24(22)29)15-13-18-8-3-2-4-9-18/h2-6,8-9,11-12,19,28H,7,10,13-17H2,1H3. The number of piperidine rings is 1. The van der Waals surface area contributed by atoms with E-state index in [1.54, 1.807) is 13.2 Å². The summed E-state index contributed by atoms with van der Waals surface area (Å²) in [5.74, 6) is 0.116. The molecule has 6 heteroatoms. The van der Waals surface area contributed by atoms with Gasteiger partial charge in [0.25, 0.3) is 11.8 Å². The van der Waals surface area contributed by atoms with Crippen LogP contribution in [0.1, 0.15) is 24.0 Å². The first-order chi connectivity index (χ1) is 15.1. The van der Waals surface area contributed by atoms with E-state index in [4.69, 9.17) is 4.74 Å². The number of aliphatic hydroxyl groups is 1. The number of amides is 2. The molecule has 6 nitrogen and oxygen atoms in total. The Hall–Kier alpha value is -3.12. The Morgan fingerprint density at radius 1 is 1.03 bits per heavy atom. The van der Waals surface area contributed by atoms with E-state index in [0.717, 1.165) is 18.4 Å². The molecule has 1 N–H and O–H groups in total.